The molecule has 0 unspecified atom stereocenters. The van der Waals surface area contributed by atoms with Crippen LogP contribution in [0.15, 0.2) is 24.3 Å². The summed E-state index contributed by atoms with van der Waals surface area (Å²) >= 11 is 0. The molecule has 0 saturated heterocycles. The Morgan fingerprint density at radius 1 is 1.20 bits per heavy atom. The molecule has 5 nitrogen and oxygen atoms in total. The van der Waals surface area contributed by atoms with Crippen molar-refractivity contribution in [3.63, 3.8) is 0 Å². The Balaban J connectivity index is 2.70. The summed E-state index contributed by atoms with van der Waals surface area (Å²) in [5.41, 5.74) is 0.968. The number of carbonyl (C=O) groups is 2. The lowest BCUT2D eigenvalue weighted by Gasteiger charge is -2.03. The van der Waals surface area contributed by atoms with E-state index in [0.717, 1.165) is 0 Å². The van der Waals surface area contributed by atoms with Crippen molar-refractivity contribution in [1.29, 1.82) is 5.26 Å². The first-order chi connectivity index (χ1) is 7.17. The molecule has 0 radical (unpaired) electrons. The molecule has 0 bridgehead atoms. The fraction of sp³-hybridized carbons (Fsp3) is 0.100. The van der Waals surface area contributed by atoms with E-state index in [9.17, 15) is 9.59 Å². The van der Waals surface area contributed by atoms with Crippen LogP contribution in [0.1, 0.15) is 5.56 Å². The average Bonchev–Trinajstić information content (AvgIpc) is 2.29. The largest absolute Gasteiger partial charge is 0.351 e. The lowest BCUT2D eigenvalue weighted by atomic mass is 10.2. The summed E-state index contributed by atoms with van der Waals surface area (Å²) in [5, 5.41) is 13.1. The minimum atomic E-state index is -0.734. The van der Waals surface area contributed by atoms with E-state index in [1.54, 1.807) is 24.3 Å². The molecule has 2 N–H and O–H groups in total. The van der Waals surface area contributed by atoms with Gasteiger partial charge in [-0.2, -0.15) is 5.26 Å². The highest BCUT2D eigenvalue weighted by Gasteiger charge is 2.10. The smallest absolute Gasteiger partial charge is 0.313 e. The zero-order chi connectivity index (χ0) is 11.3. The normalized spacial score (nSPS) is 8.80. The maximum absolute atomic E-state index is 11.1. The van der Waals surface area contributed by atoms with Crippen LogP contribution < -0.4 is 10.6 Å². The fourth-order valence-electron chi connectivity index (χ4n) is 0.929. The van der Waals surface area contributed by atoms with Gasteiger partial charge in [-0.05, 0) is 24.3 Å². The summed E-state index contributed by atoms with van der Waals surface area (Å²) in [4.78, 5) is 22.0. The number of nitriles is 1. The van der Waals surface area contributed by atoms with Gasteiger partial charge in [-0.1, -0.05) is 0 Å². The van der Waals surface area contributed by atoms with Gasteiger partial charge in [0, 0.05) is 12.7 Å². The summed E-state index contributed by atoms with van der Waals surface area (Å²) in [6.45, 7) is 0. The van der Waals surface area contributed by atoms with Crippen LogP contribution in [0.3, 0.4) is 0 Å². The zero-order valence-corrected chi connectivity index (χ0v) is 8.07. The second kappa shape index (κ2) is 4.77. The van der Waals surface area contributed by atoms with Gasteiger partial charge < -0.3 is 10.6 Å². The summed E-state index contributed by atoms with van der Waals surface area (Å²) in [5.74, 6) is -1.44. The molecule has 0 atom stereocenters. The lowest BCUT2D eigenvalue weighted by Crippen LogP contribution is -2.32. The van der Waals surface area contributed by atoms with Crippen LogP contribution in [0.4, 0.5) is 5.69 Å². The Hall–Kier alpha value is -2.35. The van der Waals surface area contributed by atoms with Gasteiger partial charge in [-0.3, -0.25) is 9.59 Å². The molecule has 0 saturated carbocycles. The molecule has 1 aromatic carbocycles. The number of nitrogens with one attached hydrogen (secondary N) is 2. The summed E-state index contributed by atoms with van der Waals surface area (Å²) in [6, 6.07) is 8.17. The molecular formula is C10H9N3O2. The number of benzene rings is 1. The van der Waals surface area contributed by atoms with Crippen molar-refractivity contribution in [2.75, 3.05) is 12.4 Å². The number of hydrogen-bond acceptors (Lipinski definition) is 3. The van der Waals surface area contributed by atoms with E-state index in [1.807, 2.05) is 6.07 Å². The standard InChI is InChI=1S/C10H9N3O2/c1-12-9(14)10(15)13-8-4-2-7(6-11)3-5-8/h2-5H,1H3,(H,12,14)(H,13,15). The van der Waals surface area contributed by atoms with Crippen molar-refractivity contribution in [3.8, 4) is 6.07 Å². The highest BCUT2D eigenvalue weighted by molar-refractivity contribution is 6.39. The average molecular weight is 203 g/mol. The third kappa shape index (κ3) is 2.81. The van der Waals surface area contributed by atoms with Gasteiger partial charge in [0.25, 0.3) is 0 Å². The first-order valence-corrected chi connectivity index (χ1v) is 4.20. The maximum atomic E-state index is 11.1. The molecule has 15 heavy (non-hydrogen) atoms. The van der Waals surface area contributed by atoms with Crippen LogP contribution in [0, 0.1) is 11.3 Å². The topological polar surface area (TPSA) is 82.0 Å². The molecule has 5 heteroatoms. The van der Waals surface area contributed by atoms with Crippen LogP contribution in [0.5, 0.6) is 0 Å². The molecule has 0 fully saturated rings. The van der Waals surface area contributed by atoms with E-state index in [2.05, 4.69) is 10.6 Å². The van der Waals surface area contributed by atoms with Gasteiger partial charge in [-0.25, -0.2) is 0 Å². The van der Waals surface area contributed by atoms with E-state index < -0.39 is 11.8 Å². The summed E-state index contributed by atoms with van der Waals surface area (Å²) in [6.07, 6.45) is 0. The molecule has 0 aromatic heterocycles. The Morgan fingerprint density at radius 2 is 1.80 bits per heavy atom. The first kappa shape index (κ1) is 10.7. The molecule has 2 amide bonds. The Bertz CT molecular complexity index is 417. The number of rotatable bonds is 1. The van der Waals surface area contributed by atoms with E-state index in [0.29, 0.717) is 11.3 Å². The molecule has 0 aliphatic rings. The predicted molar refractivity (Wildman–Crippen MR) is 53.9 cm³/mol. The van der Waals surface area contributed by atoms with Gasteiger partial charge in [0.05, 0.1) is 11.6 Å². The third-order valence-electron chi connectivity index (χ3n) is 1.71. The van der Waals surface area contributed by atoms with Crippen molar-refractivity contribution in [2.45, 2.75) is 0 Å². The molecule has 0 spiro atoms. The molecule has 0 heterocycles. The van der Waals surface area contributed by atoms with Gasteiger partial charge >= 0.3 is 11.8 Å². The summed E-state index contributed by atoms with van der Waals surface area (Å²) < 4.78 is 0. The van der Waals surface area contributed by atoms with Crippen LogP contribution in [0.25, 0.3) is 0 Å². The van der Waals surface area contributed by atoms with Gasteiger partial charge in [0.15, 0.2) is 0 Å². The summed E-state index contributed by atoms with van der Waals surface area (Å²) in [7, 11) is 1.38. The van der Waals surface area contributed by atoms with Crippen molar-refractivity contribution in [2.24, 2.45) is 0 Å². The second-order valence-corrected chi connectivity index (χ2v) is 2.72. The SMILES string of the molecule is CNC(=O)C(=O)Nc1ccc(C#N)cc1. The molecule has 76 valence electrons. The first-order valence-electron chi connectivity index (χ1n) is 4.20. The number of likely N-dealkylation sites (N-methyl/N-ethyl adjacent to an activating group) is 1. The minimum Gasteiger partial charge on any atom is -0.351 e. The van der Waals surface area contributed by atoms with E-state index in [-0.39, 0.29) is 0 Å². The van der Waals surface area contributed by atoms with Crippen molar-refractivity contribution < 1.29 is 9.59 Å². The van der Waals surface area contributed by atoms with E-state index in [1.165, 1.54) is 7.05 Å². The molecular weight excluding hydrogens is 194 g/mol. The number of amides is 2. The highest BCUT2D eigenvalue weighted by atomic mass is 16.2. The lowest BCUT2D eigenvalue weighted by molar-refractivity contribution is -0.135. The number of hydrogen-bond donors (Lipinski definition) is 2. The number of nitrogens with zero attached hydrogens (tertiary/aromatic N) is 1. The predicted octanol–water partition coefficient (Wildman–Crippen LogP) is 0.243. The van der Waals surface area contributed by atoms with Gasteiger partial charge in [0.1, 0.15) is 0 Å². The van der Waals surface area contributed by atoms with E-state index in [4.69, 9.17) is 5.26 Å². The molecule has 1 rings (SSSR count). The third-order valence-corrected chi connectivity index (χ3v) is 1.71. The molecule has 0 aliphatic carbocycles. The van der Waals surface area contributed by atoms with E-state index >= 15 is 0 Å². The van der Waals surface area contributed by atoms with Crippen LogP contribution in [-0.2, 0) is 9.59 Å². The van der Waals surface area contributed by atoms with Crippen LogP contribution in [0.2, 0.25) is 0 Å². The van der Waals surface area contributed by atoms with Crippen molar-refractivity contribution in [3.05, 3.63) is 29.8 Å². The Morgan fingerprint density at radius 3 is 2.27 bits per heavy atom. The Kier molecular flexibility index (Phi) is 3.41. The molecule has 0 aliphatic heterocycles. The zero-order valence-electron chi connectivity index (χ0n) is 8.07. The second-order valence-electron chi connectivity index (χ2n) is 2.72. The van der Waals surface area contributed by atoms with Gasteiger partial charge in [0.2, 0.25) is 0 Å². The highest BCUT2D eigenvalue weighted by Crippen LogP contribution is 2.08. The van der Waals surface area contributed by atoms with Crippen molar-refractivity contribution in [1.82, 2.24) is 5.32 Å². The van der Waals surface area contributed by atoms with Crippen molar-refractivity contribution >= 4 is 17.5 Å². The maximum Gasteiger partial charge on any atom is 0.313 e. The quantitative estimate of drug-likeness (QED) is 0.641. The van der Waals surface area contributed by atoms with Gasteiger partial charge in [-0.15, -0.1) is 0 Å². The fourth-order valence-corrected chi connectivity index (χ4v) is 0.929. The number of carbonyl (C=O) groups excluding carboxylic acids is 2. The monoisotopic (exact) mass is 203 g/mol. The Labute approximate surface area is 86.7 Å². The number of anilines is 1. The minimum absolute atomic E-state index is 0.475. The van der Waals surface area contributed by atoms with Crippen LogP contribution in [-0.4, -0.2) is 18.9 Å². The molecule has 1 aromatic rings. The van der Waals surface area contributed by atoms with Crippen LogP contribution >= 0.6 is 0 Å².